The first-order valence-electron chi connectivity index (χ1n) is 9.13. The van der Waals surface area contributed by atoms with E-state index in [1.807, 2.05) is 6.92 Å². The van der Waals surface area contributed by atoms with Gasteiger partial charge in [0.1, 0.15) is 0 Å². The van der Waals surface area contributed by atoms with Gasteiger partial charge in [0.25, 0.3) is 0 Å². The molecule has 3 N–H and O–H groups in total. The summed E-state index contributed by atoms with van der Waals surface area (Å²) in [6, 6.07) is 0. The fraction of sp³-hybridized carbons (Fsp3) is 0.722. The molecule has 1 saturated heterocycles. The minimum Gasteiger partial charge on any atom is -0.390 e. The molecule has 0 aromatic carbocycles. The van der Waals surface area contributed by atoms with E-state index in [1.165, 1.54) is 19.3 Å². The maximum atomic E-state index is 11.9. The van der Waals surface area contributed by atoms with E-state index in [-0.39, 0.29) is 5.78 Å². The number of Topliss-reactive ketones (excluding diaryl/α,β-unsaturated/α-hetero) is 1. The lowest BCUT2D eigenvalue weighted by Gasteiger charge is -2.28. The Morgan fingerprint density at radius 3 is 2.83 bits per heavy atom. The highest BCUT2D eigenvalue weighted by Gasteiger charge is 2.24. The molecule has 3 rings (SSSR count). The molecule has 0 radical (unpaired) electrons. The van der Waals surface area contributed by atoms with Crippen molar-refractivity contribution < 1.29 is 14.7 Å². The molecule has 0 bridgehead atoms. The lowest BCUT2D eigenvalue weighted by Crippen LogP contribution is -2.40. The van der Waals surface area contributed by atoms with Gasteiger partial charge in [0.2, 0.25) is 0 Å². The van der Waals surface area contributed by atoms with Crippen LogP contribution in [-0.2, 0) is 17.9 Å². The summed E-state index contributed by atoms with van der Waals surface area (Å²) in [5.74, 6) is 0.204. The number of nitrogens with one attached hydrogen (secondary N) is 2. The summed E-state index contributed by atoms with van der Waals surface area (Å²) < 4.78 is 0. The number of ketones is 1. The first kappa shape index (κ1) is 17.6. The van der Waals surface area contributed by atoms with Gasteiger partial charge in [-0.15, -0.1) is 0 Å². The second kappa shape index (κ2) is 8.25. The number of hydroxylamine groups is 1. The van der Waals surface area contributed by atoms with E-state index < -0.39 is 6.10 Å². The standard InChI is InChI=1S/C18H29N3O3/c1-13-16(15-6-5-7-17(23)18(15)20-13)12-24-19-10-14(22)11-21-8-3-2-4-9-21/h14,19-20,22H,2-12H2,1H3. The number of aromatic nitrogens is 1. The van der Waals surface area contributed by atoms with E-state index in [0.717, 1.165) is 48.4 Å². The van der Waals surface area contributed by atoms with E-state index in [2.05, 4.69) is 15.4 Å². The number of aryl methyl sites for hydroxylation is 1. The maximum Gasteiger partial charge on any atom is 0.179 e. The predicted octanol–water partition coefficient (Wildman–Crippen LogP) is 1.71. The lowest BCUT2D eigenvalue weighted by molar-refractivity contribution is -0.00538. The molecule has 1 aromatic rings. The number of aliphatic hydroxyl groups excluding tert-OH is 1. The molecule has 1 fully saturated rings. The SMILES string of the molecule is Cc1[nH]c2c(c1CONCC(O)CN1CCCCC1)CCCC2=O. The van der Waals surface area contributed by atoms with Crippen molar-refractivity contribution in [2.45, 2.75) is 58.2 Å². The van der Waals surface area contributed by atoms with Gasteiger partial charge in [-0.1, -0.05) is 6.42 Å². The normalized spacial score (nSPS) is 20.2. The molecule has 24 heavy (non-hydrogen) atoms. The number of H-pyrrole nitrogens is 1. The number of β-amino-alcohol motifs (C(OH)–C–C–N with tert-alkyl or cyclic N) is 1. The van der Waals surface area contributed by atoms with Crippen molar-refractivity contribution in [2.24, 2.45) is 0 Å². The highest BCUT2D eigenvalue weighted by Crippen LogP contribution is 2.27. The molecule has 134 valence electrons. The Balaban J connectivity index is 1.43. The number of aliphatic hydroxyl groups is 1. The van der Waals surface area contributed by atoms with Gasteiger partial charge in [-0.25, -0.2) is 0 Å². The molecule has 0 spiro atoms. The van der Waals surface area contributed by atoms with Gasteiger partial charge >= 0.3 is 0 Å². The lowest BCUT2D eigenvalue weighted by atomic mass is 9.94. The van der Waals surface area contributed by atoms with Crippen LogP contribution in [0.4, 0.5) is 0 Å². The number of carbonyl (C=O) groups is 1. The minimum absolute atomic E-state index is 0.204. The van der Waals surface area contributed by atoms with Crippen LogP contribution < -0.4 is 5.48 Å². The minimum atomic E-state index is -0.425. The van der Waals surface area contributed by atoms with Gasteiger partial charge in [-0.05, 0) is 51.3 Å². The van der Waals surface area contributed by atoms with Crippen molar-refractivity contribution in [1.29, 1.82) is 0 Å². The van der Waals surface area contributed by atoms with Gasteiger partial charge in [0.15, 0.2) is 5.78 Å². The van der Waals surface area contributed by atoms with E-state index >= 15 is 0 Å². The first-order valence-corrected chi connectivity index (χ1v) is 9.13. The summed E-state index contributed by atoms with van der Waals surface area (Å²) in [4.78, 5) is 23.0. The second-order valence-corrected chi connectivity index (χ2v) is 7.01. The molecule has 1 unspecified atom stereocenters. The van der Waals surface area contributed by atoms with Crippen LogP contribution in [0.5, 0.6) is 0 Å². The molecule has 2 heterocycles. The summed E-state index contributed by atoms with van der Waals surface area (Å²) >= 11 is 0. The van der Waals surface area contributed by atoms with Crippen LogP contribution in [0.1, 0.15) is 59.4 Å². The number of carbonyl (C=O) groups excluding carboxylic acids is 1. The van der Waals surface area contributed by atoms with E-state index in [0.29, 0.717) is 26.1 Å². The van der Waals surface area contributed by atoms with Gasteiger partial charge in [0, 0.05) is 30.8 Å². The topological polar surface area (TPSA) is 77.6 Å². The number of likely N-dealkylation sites (tertiary alicyclic amines) is 1. The molecule has 6 heteroatoms. The number of fused-ring (bicyclic) bond motifs is 1. The second-order valence-electron chi connectivity index (χ2n) is 7.01. The van der Waals surface area contributed by atoms with Crippen LogP contribution in [0.3, 0.4) is 0 Å². The van der Waals surface area contributed by atoms with Crippen molar-refractivity contribution in [3.8, 4) is 0 Å². The van der Waals surface area contributed by atoms with E-state index in [4.69, 9.17) is 4.84 Å². The van der Waals surface area contributed by atoms with Gasteiger partial charge < -0.3 is 15.0 Å². The zero-order chi connectivity index (χ0) is 16.9. The van der Waals surface area contributed by atoms with Crippen LogP contribution in [0.15, 0.2) is 0 Å². The molecule has 1 aliphatic carbocycles. The monoisotopic (exact) mass is 335 g/mol. The first-order chi connectivity index (χ1) is 11.6. The van der Waals surface area contributed by atoms with Crippen LogP contribution in [0.2, 0.25) is 0 Å². The Kier molecular flexibility index (Phi) is 6.05. The third-order valence-electron chi connectivity index (χ3n) is 5.10. The molecule has 0 saturated carbocycles. The molecule has 0 amide bonds. The van der Waals surface area contributed by atoms with Gasteiger partial charge in [-0.2, -0.15) is 5.48 Å². The summed E-state index contributed by atoms with van der Waals surface area (Å²) in [5, 5.41) is 10.1. The molecular formula is C18H29N3O3. The van der Waals surface area contributed by atoms with Gasteiger partial charge in [0.05, 0.1) is 18.4 Å². The zero-order valence-electron chi connectivity index (χ0n) is 14.6. The number of hydrogen-bond donors (Lipinski definition) is 3. The van der Waals surface area contributed by atoms with Crippen molar-refractivity contribution >= 4 is 5.78 Å². The highest BCUT2D eigenvalue weighted by molar-refractivity contribution is 5.97. The third kappa shape index (κ3) is 4.25. The Labute approximate surface area is 143 Å². The average molecular weight is 335 g/mol. The predicted molar refractivity (Wildman–Crippen MR) is 91.9 cm³/mol. The van der Waals surface area contributed by atoms with Crippen LogP contribution >= 0.6 is 0 Å². The van der Waals surface area contributed by atoms with Crippen molar-refractivity contribution in [3.63, 3.8) is 0 Å². The largest absolute Gasteiger partial charge is 0.390 e. The average Bonchev–Trinajstić information content (AvgIpc) is 2.90. The van der Waals surface area contributed by atoms with E-state index in [1.54, 1.807) is 0 Å². The fourth-order valence-electron chi connectivity index (χ4n) is 3.76. The summed E-state index contributed by atoms with van der Waals surface area (Å²) in [7, 11) is 0. The molecule has 1 aliphatic heterocycles. The van der Waals surface area contributed by atoms with Gasteiger partial charge in [-0.3, -0.25) is 9.63 Å². The van der Waals surface area contributed by atoms with Crippen LogP contribution in [0.25, 0.3) is 0 Å². The fourth-order valence-corrected chi connectivity index (χ4v) is 3.76. The molecule has 2 aliphatic rings. The summed E-state index contributed by atoms with van der Waals surface area (Å²) in [5.41, 5.74) is 6.84. The number of aromatic amines is 1. The van der Waals surface area contributed by atoms with Crippen molar-refractivity contribution in [2.75, 3.05) is 26.2 Å². The number of rotatable bonds is 7. The Morgan fingerprint density at radius 1 is 1.25 bits per heavy atom. The number of nitrogens with zero attached hydrogens (tertiary/aromatic N) is 1. The van der Waals surface area contributed by atoms with Crippen molar-refractivity contribution in [1.82, 2.24) is 15.4 Å². The Hall–Kier alpha value is -1.21. The molecule has 1 aromatic heterocycles. The number of piperidine rings is 1. The zero-order valence-corrected chi connectivity index (χ0v) is 14.6. The van der Waals surface area contributed by atoms with E-state index in [9.17, 15) is 9.90 Å². The quantitative estimate of drug-likeness (QED) is 0.522. The summed E-state index contributed by atoms with van der Waals surface area (Å²) in [6.07, 6.45) is 5.82. The van der Waals surface area contributed by atoms with Crippen LogP contribution in [0, 0.1) is 6.92 Å². The maximum absolute atomic E-state index is 11.9. The molecular weight excluding hydrogens is 306 g/mol. The summed E-state index contributed by atoms with van der Waals surface area (Å²) in [6.45, 7) is 5.68. The van der Waals surface area contributed by atoms with Crippen LogP contribution in [-0.4, -0.2) is 53.1 Å². The third-order valence-corrected chi connectivity index (χ3v) is 5.10. The Bertz CT molecular complexity index is 564. The highest BCUT2D eigenvalue weighted by atomic mass is 16.6. The molecule has 6 nitrogen and oxygen atoms in total. The number of hydrogen-bond acceptors (Lipinski definition) is 5. The smallest absolute Gasteiger partial charge is 0.179 e. The molecule has 1 atom stereocenters. The van der Waals surface area contributed by atoms with Crippen molar-refractivity contribution in [3.05, 3.63) is 22.5 Å². The Morgan fingerprint density at radius 2 is 2.04 bits per heavy atom.